The summed E-state index contributed by atoms with van der Waals surface area (Å²) in [6.07, 6.45) is 2.83. The van der Waals surface area contributed by atoms with E-state index in [1.165, 1.54) is 0 Å². The van der Waals surface area contributed by atoms with Gasteiger partial charge in [0.15, 0.2) is 0 Å². The molecule has 2 rings (SSSR count). The molecule has 0 unspecified atom stereocenters. The topological polar surface area (TPSA) is 50.4 Å². The fourth-order valence-corrected chi connectivity index (χ4v) is 3.10. The van der Waals surface area contributed by atoms with Crippen molar-refractivity contribution in [3.63, 3.8) is 0 Å². The number of nitrogens with one attached hydrogen (secondary N) is 2. The number of piperidine rings is 1. The van der Waals surface area contributed by atoms with Crippen molar-refractivity contribution in [3.05, 3.63) is 0 Å². The first-order valence-electron chi connectivity index (χ1n) is 6.97. The second-order valence-electron chi connectivity index (χ2n) is 6.45. The largest absolute Gasteiger partial charge is 0.378 e. The second-order valence-corrected chi connectivity index (χ2v) is 6.45. The Morgan fingerprint density at radius 2 is 1.89 bits per heavy atom. The van der Waals surface area contributed by atoms with Gasteiger partial charge in [-0.2, -0.15) is 0 Å². The maximum absolute atomic E-state index is 12.2. The van der Waals surface area contributed by atoms with E-state index in [-0.39, 0.29) is 28.9 Å². The molecule has 1 amide bonds. The highest BCUT2D eigenvalue weighted by Gasteiger charge is 2.58. The Balaban J connectivity index is 1.89. The second kappa shape index (κ2) is 4.82. The van der Waals surface area contributed by atoms with Crippen LogP contribution in [0.4, 0.5) is 0 Å². The van der Waals surface area contributed by atoms with Gasteiger partial charge in [0.1, 0.15) is 0 Å². The van der Waals surface area contributed by atoms with Gasteiger partial charge in [0.25, 0.3) is 0 Å². The first kappa shape index (κ1) is 13.8. The number of methoxy groups -OCH3 is 1. The molecule has 0 aromatic heterocycles. The number of rotatable bonds is 3. The van der Waals surface area contributed by atoms with E-state index in [9.17, 15) is 4.79 Å². The lowest BCUT2D eigenvalue weighted by molar-refractivity contribution is -0.183. The number of ether oxygens (including phenoxy) is 1. The van der Waals surface area contributed by atoms with E-state index >= 15 is 0 Å². The van der Waals surface area contributed by atoms with Crippen molar-refractivity contribution in [1.82, 2.24) is 10.6 Å². The van der Waals surface area contributed by atoms with Crippen molar-refractivity contribution >= 4 is 5.91 Å². The van der Waals surface area contributed by atoms with Crippen molar-refractivity contribution in [2.75, 3.05) is 20.2 Å². The van der Waals surface area contributed by atoms with Gasteiger partial charge in [-0.15, -0.1) is 0 Å². The summed E-state index contributed by atoms with van der Waals surface area (Å²) in [6.45, 7) is 8.39. The molecule has 104 valence electrons. The zero-order chi connectivity index (χ0) is 13.4. The van der Waals surface area contributed by atoms with Crippen molar-refractivity contribution < 1.29 is 9.53 Å². The summed E-state index contributed by atoms with van der Waals surface area (Å²) < 4.78 is 5.58. The molecule has 1 saturated heterocycles. The van der Waals surface area contributed by atoms with Crippen LogP contribution in [0.25, 0.3) is 0 Å². The molecule has 1 heterocycles. The van der Waals surface area contributed by atoms with Crippen LogP contribution in [0.5, 0.6) is 0 Å². The molecule has 2 atom stereocenters. The molecule has 2 fully saturated rings. The van der Waals surface area contributed by atoms with Gasteiger partial charge in [0, 0.05) is 24.5 Å². The number of carbonyl (C=O) groups is 1. The maximum Gasteiger partial charge on any atom is 0.223 e. The average molecular weight is 254 g/mol. The first-order chi connectivity index (χ1) is 8.40. The van der Waals surface area contributed by atoms with Crippen LogP contribution in [-0.2, 0) is 9.53 Å². The van der Waals surface area contributed by atoms with Crippen LogP contribution in [-0.4, -0.2) is 37.7 Å². The molecule has 0 spiro atoms. The van der Waals surface area contributed by atoms with Crippen molar-refractivity contribution in [1.29, 1.82) is 0 Å². The summed E-state index contributed by atoms with van der Waals surface area (Å²) in [5.41, 5.74) is -0.108. The maximum atomic E-state index is 12.2. The summed E-state index contributed by atoms with van der Waals surface area (Å²) >= 11 is 0. The van der Waals surface area contributed by atoms with Gasteiger partial charge >= 0.3 is 0 Å². The molecular weight excluding hydrogens is 228 g/mol. The molecule has 2 N–H and O–H groups in total. The highest BCUT2D eigenvalue weighted by atomic mass is 16.5. The molecule has 0 aromatic carbocycles. The van der Waals surface area contributed by atoms with Crippen molar-refractivity contribution in [3.8, 4) is 0 Å². The molecule has 18 heavy (non-hydrogen) atoms. The summed E-state index contributed by atoms with van der Waals surface area (Å²) in [4.78, 5) is 12.2. The van der Waals surface area contributed by atoms with Gasteiger partial charge < -0.3 is 15.4 Å². The first-order valence-corrected chi connectivity index (χ1v) is 6.97. The Hall–Kier alpha value is -0.610. The Kier molecular flexibility index (Phi) is 3.70. The van der Waals surface area contributed by atoms with Gasteiger partial charge in [0.2, 0.25) is 5.91 Å². The standard InChI is InChI=1S/C14H26N2O2/c1-13(2)11(9-14(13,3)18-4)16-12(17)10-5-7-15-8-6-10/h10-11,15H,5-9H2,1-4H3,(H,16,17)/t11-,14+/m0/s1. The van der Waals surface area contributed by atoms with Gasteiger partial charge in [0.05, 0.1) is 5.60 Å². The van der Waals surface area contributed by atoms with Crippen LogP contribution < -0.4 is 10.6 Å². The minimum Gasteiger partial charge on any atom is -0.378 e. The fraction of sp³-hybridized carbons (Fsp3) is 0.929. The van der Waals surface area contributed by atoms with Crippen LogP contribution in [0.15, 0.2) is 0 Å². The van der Waals surface area contributed by atoms with Gasteiger partial charge in [-0.3, -0.25) is 4.79 Å². The molecule has 1 saturated carbocycles. The summed E-state index contributed by atoms with van der Waals surface area (Å²) in [7, 11) is 1.76. The normalized spacial score (nSPS) is 35.9. The zero-order valence-corrected chi connectivity index (χ0v) is 12.0. The Bertz CT molecular complexity index is 324. The number of carbonyl (C=O) groups excluding carboxylic acids is 1. The predicted molar refractivity (Wildman–Crippen MR) is 71.3 cm³/mol. The van der Waals surface area contributed by atoms with E-state index in [2.05, 4.69) is 31.4 Å². The van der Waals surface area contributed by atoms with Crippen molar-refractivity contribution in [2.24, 2.45) is 11.3 Å². The van der Waals surface area contributed by atoms with Crippen LogP contribution in [0.3, 0.4) is 0 Å². The van der Waals surface area contributed by atoms with E-state index in [0.29, 0.717) is 0 Å². The van der Waals surface area contributed by atoms with Gasteiger partial charge in [-0.1, -0.05) is 13.8 Å². The van der Waals surface area contributed by atoms with Crippen LogP contribution >= 0.6 is 0 Å². The number of hydrogen-bond acceptors (Lipinski definition) is 3. The minimum absolute atomic E-state index is 0.00429. The molecule has 1 aliphatic heterocycles. The summed E-state index contributed by atoms with van der Waals surface area (Å²) in [5.74, 6) is 0.421. The van der Waals surface area contributed by atoms with Crippen LogP contribution in [0.2, 0.25) is 0 Å². The molecule has 0 aromatic rings. The predicted octanol–water partition coefficient (Wildman–Crippen LogP) is 1.31. The smallest absolute Gasteiger partial charge is 0.223 e. The van der Waals surface area contributed by atoms with Gasteiger partial charge in [-0.25, -0.2) is 0 Å². The Morgan fingerprint density at radius 3 is 2.39 bits per heavy atom. The molecule has 0 radical (unpaired) electrons. The quantitative estimate of drug-likeness (QED) is 0.798. The highest BCUT2D eigenvalue weighted by molar-refractivity contribution is 5.79. The summed E-state index contributed by atoms with van der Waals surface area (Å²) in [5, 5.41) is 6.51. The highest BCUT2D eigenvalue weighted by Crippen LogP contribution is 2.51. The third-order valence-electron chi connectivity index (χ3n) is 5.30. The SMILES string of the molecule is CO[C@]1(C)C[C@H](NC(=O)C2CCNCC2)C1(C)C. The third kappa shape index (κ3) is 2.16. The molecule has 1 aliphatic carbocycles. The van der Waals surface area contributed by atoms with Crippen LogP contribution in [0, 0.1) is 11.3 Å². The van der Waals surface area contributed by atoms with E-state index < -0.39 is 0 Å². The van der Waals surface area contributed by atoms with Crippen molar-refractivity contribution in [2.45, 2.75) is 51.7 Å². The van der Waals surface area contributed by atoms with Gasteiger partial charge in [-0.05, 0) is 39.3 Å². The monoisotopic (exact) mass is 254 g/mol. The lowest BCUT2D eigenvalue weighted by Crippen LogP contribution is -2.69. The summed E-state index contributed by atoms with van der Waals surface area (Å²) in [6, 6.07) is 0.241. The minimum atomic E-state index is -0.112. The third-order valence-corrected chi connectivity index (χ3v) is 5.30. The van der Waals surface area contributed by atoms with E-state index in [0.717, 1.165) is 32.4 Å². The molecular formula is C14H26N2O2. The Labute approximate surface area is 110 Å². The molecule has 4 nitrogen and oxygen atoms in total. The lowest BCUT2D eigenvalue weighted by atomic mass is 9.55. The number of amides is 1. The zero-order valence-electron chi connectivity index (χ0n) is 12.0. The lowest BCUT2D eigenvalue weighted by Gasteiger charge is -2.59. The number of hydrogen-bond donors (Lipinski definition) is 2. The van der Waals surface area contributed by atoms with E-state index in [1.807, 2.05) is 0 Å². The fourth-order valence-electron chi connectivity index (χ4n) is 3.10. The molecule has 4 heteroatoms. The van der Waals surface area contributed by atoms with Crippen LogP contribution in [0.1, 0.15) is 40.0 Å². The van der Waals surface area contributed by atoms with E-state index in [4.69, 9.17) is 4.74 Å². The molecule has 2 aliphatic rings. The molecule has 0 bridgehead atoms. The van der Waals surface area contributed by atoms with E-state index in [1.54, 1.807) is 7.11 Å². The Morgan fingerprint density at radius 1 is 1.28 bits per heavy atom. The average Bonchev–Trinajstić information content (AvgIpc) is 2.38.